The van der Waals surface area contributed by atoms with E-state index in [0.29, 0.717) is 18.6 Å². The van der Waals surface area contributed by atoms with Crippen LogP contribution in [0.3, 0.4) is 0 Å². The second-order valence-corrected chi connectivity index (χ2v) is 8.59. The minimum atomic E-state index is -0.754. The monoisotopic (exact) mass is 344 g/mol. The van der Waals surface area contributed by atoms with Crippen molar-refractivity contribution in [2.24, 2.45) is 22.7 Å². The van der Waals surface area contributed by atoms with Crippen molar-refractivity contribution in [2.45, 2.75) is 60.8 Å². The molecule has 0 N–H and O–H groups in total. The summed E-state index contributed by atoms with van der Waals surface area (Å²) in [5.74, 6) is 0.245. The normalized spacial score (nSPS) is 30.4. The average Bonchev–Trinajstić information content (AvgIpc) is 2.50. The van der Waals surface area contributed by atoms with Crippen LogP contribution in [0.25, 0.3) is 0 Å². The van der Waals surface area contributed by atoms with E-state index in [-0.39, 0.29) is 22.9 Å². The van der Waals surface area contributed by atoms with Gasteiger partial charge in [0.25, 0.3) is 0 Å². The van der Waals surface area contributed by atoms with Crippen LogP contribution in [0.1, 0.15) is 60.8 Å². The molecule has 0 amide bonds. The van der Waals surface area contributed by atoms with Crippen molar-refractivity contribution in [2.75, 3.05) is 7.11 Å². The molecule has 3 atom stereocenters. The molecule has 0 heterocycles. The first-order chi connectivity index (χ1) is 11.6. The summed E-state index contributed by atoms with van der Waals surface area (Å²) in [7, 11) is 1.58. The first-order valence-corrected chi connectivity index (χ1v) is 9.19. The Balaban J connectivity index is 2.64. The van der Waals surface area contributed by atoms with Crippen molar-refractivity contribution in [1.82, 2.24) is 0 Å². The van der Waals surface area contributed by atoms with Crippen molar-refractivity contribution in [3.05, 3.63) is 35.1 Å². The molecule has 1 fully saturated rings. The Morgan fingerprint density at radius 1 is 1.16 bits per heavy atom. The van der Waals surface area contributed by atoms with E-state index in [0.717, 1.165) is 6.42 Å². The highest BCUT2D eigenvalue weighted by Crippen LogP contribution is 2.61. The predicted molar refractivity (Wildman–Crippen MR) is 101 cm³/mol. The highest BCUT2D eigenvalue weighted by Gasteiger charge is 2.64. The lowest BCUT2D eigenvalue weighted by atomic mass is 9.45. The molecule has 2 rings (SSSR count). The Hall–Kier alpha value is -1.64. The SMILES string of the molecule is COC1=CC(=O)[C@H]2C[C@H](CC=C(C)C)C(C)(C)[C@]1(CC=C(C)C)C2=O. The van der Waals surface area contributed by atoms with E-state index in [1.165, 1.54) is 11.1 Å². The number of carbonyl (C=O) groups excluding carboxylic acids is 2. The fraction of sp³-hybridized carbons (Fsp3) is 0.636. The fourth-order valence-corrected chi connectivity index (χ4v) is 4.51. The summed E-state index contributed by atoms with van der Waals surface area (Å²) in [6, 6.07) is 0. The van der Waals surface area contributed by atoms with Crippen LogP contribution >= 0.6 is 0 Å². The van der Waals surface area contributed by atoms with Crippen LogP contribution in [0, 0.1) is 22.7 Å². The van der Waals surface area contributed by atoms with Crippen LogP contribution in [0.4, 0.5) is 0 Å². The van der Waals surface area contributed by atoms with Crippen LogP contribution in [0.5, 0.6) is 0 Å². The van der Waals surface area contributed by atoms with Crippen molar-refractivity contribution in [3.63, 3.8) is 0 Å². The van der Waals surface area contributed by atoms with E-state index in [4.69, 9.17) is 4.74 Å². The quantitative estimate of drug-likeness (QED) is 0.519. The Kier molecular flexibility index (Phi) is 5.46. The van der Waals surface area contributed by atoms with E-state index >= 15 is 0 Å². The zero-order chi connectivity index (χ0) is 19.0. The summed E-state index contributed by atoms with van der Waals surface area (Å²) >= 11 is 0. The van der Waals surface area contributed by atoms with Gasteiger partial charge in [0.15, 0.2) is 11.6 Å². The van der Waals surface area contributed by atoms with Gasteiger partial charge in [-0.3, -0.25) is 9.59 Å². The van der Waals surface area contributed by atoms with Crippen LogP contribution in [-0.2, 0) is 14.3 Å². The second-order valence-electron chi connectivity index (χ2n) is 8.59. The van der Waals surface area contributed by atoms with Gasteiger partial charge >= 0.3 is 0 Å². The third-order valence-electron chi connectivity index (χ3n) is 6.26. The van der Waals surface area contributed by atoms with Gasteiger partial charge in [0.05, 0.1) is 18.4 Å². The van der Waals surface area contributed by atoms with Gasteiger partial charge in [0.2, 0.25) is 0 Å². The largest absolute Gasteiger partial charge is 0.500 e. The third-order valence-corrected chi connectivity index (χ3v) is 6.26. The van der Waals surface area contributed by atoms with Gasteiger partial charge in [-0.25, -0.2) is 0 Å². The summed E-state index contributed by atoms with van der Waals surface area (Å²) < 4.78 is 5.64. The average molecular weight is 344 g/mol. The molecule has 2 aliphatic carbocycles. The molecule has 2 aliphatic rings. The van der Waals surface area contributed by atoms with E-state index in [9.17, 15) is 9.59 Å². The maximum atomic E-state index is 13.4. The first-order valence-electron chi connectivity index (χ1n) is 9.19. The van der Waals surface area contributed by atoms with Gasteiger partial charge in [-0.05, 0) is 58.3 Å². The van der Waals surface area contributed by atoms with Gasteiger partial charge < -0.3 is 4.74 Å². The van der Waals surface area contributed by atoms with Gasteiger partial charge in [0, 0.05) is 6.08 Å². The van der Waals surface area contributed by atoms with Crippen molar-refractivity contribution in [3.8, 4) is 0 Å². The number of carbonyl (C=O) groups is 2. The molecule has 138 valence electrons. The minimum Gasteiger partial charge on any atom is -0.500 e. The number of ketones is 2. The summed E-state index contributed by atoms with van der Waals surface area (Å²) in [5.41, 5.74) is 1.40. The smallest absolute Gasteiger partial charge is 0.169 e. The maximum absolute atomic E-state index is 13.4. The van der Waals surface area contributed by atoms with Crippen LogP contribution in [0.15, 0.2) is 35.1 Å². The summed E-state index contributed by atoms with van der Waals surface area (Å²) in [4.78, 5) is 26.0. The molecule has 2 bridgehead atoms. The molecule has 0 aromatic carbocycles. The summed E-state index contributed by atoms with van der Waals surface area (Å²) in [6.45, 7) is 12.6. The van der Waals surface area contributed by atoms with Crippen LogP contribution < -0.4 is 0 Å². The maximum Gasteiger partial charge on any atom is 0.169 e. The Bertz CT molecular complexity index is 655. The van der Waals surface area contributed by atoms with Crippen molar-refractivity contribution >= 4 is 11.6 Å². The minimum absolute atomic E-state index is 0.0489. The lowest BCUT2D eigenvalue weighted by Crippen LogP contribution is -2.60. The highest BCUT2D eigenvalue weighted by atomic mass is 16.5. The number of fused-ring (bicyclic) bond motifs is 2. The van der Waals surface area contributed by atoms with Crippen molar-refractivity contribution < 1.29 is 14.3 Å². The molecule has 0 aromatic rings. The number of hydrogen-bond acceptors (Lipinski definition) is 3. The lowest BCUT2D eigenvalue weighted by molar-refractivity contribution is -0.158. The zero-order valence-electron chi connectivity index (χ0n) is 16.7. The topological polar surface area (TPSA) is 43.4 Å². The standard InChI is InChI=1S/C22H32O3/c1-14(2)8-9-16-12-17-18(23)13-19(25-7)22(20(17)24,21(16,5)6)11-10-15(3)4/h8,10,13,16-17H,9,11-12H2,1-7H3/t16-,17+,22-/m0/s1. The molecule has 3 heteroatoms. The Labute approximate surface area is 152 Å². The molecule has 0 saturated heterocycles. The van der Waals surface area contributed by atoms with Gasteiger partial charge in [-0.15, -0.1) is 0 Å². The molecule has 3 nitrogen and oxygen atoms in total. The Morgan fingerprint density at radius 2 is 1.76 bits per heavy atom. The zero-order valence-corrected chi connectivity index (χ0v) is 16.7. The fourth-order valence-electron chi connectivity index (χ4n) is 4.51. The molecule has 0 radical (unpaired) electrons. The number of ether oxygens (including phenoxy) is 1. The number of allylic oxidation sites excluding steroid dienone is 6. The van der Waals surface area contributed by atoms with Crippen LogP contribution in [0.2, 0.25) is 0 Å². The molecular weight excluding hydrogens is 312 g/mol. The van der Waals surface area contributed by atoms with E-state index in [1.54, 1.807) is 13.2 Å². The number of Topliss-reactive ketones (excluding diaryl/α,β-unsaturated/α-hetero) is 1. The number of rotatable bonds is 5. The Morgan fingerprint density at radius 3 is 2.28 bits per heavy atom. The highest BCUT2D eigenvalue weighted by molar-refractivity contribution is 6.14. The molecule has 25 heavy (non-hydrogen) atoms. The molecule has 0 aliphatic heterocycles. The third kappa shape index (κ3) is 3.14. The first kappa shape index (κ1) is 19.7. The molecule has 0 aromatic heterocycles. The van der Waals surface area contributed by atoms with Gasteiger partial charge in [0.1, 0.15) is 5.76 Å². The molecule has 0 unspecified atom stereocenters. The summed E-state index contributed by atoms with van der Waals surface area (Å²) in [5, 5.41) is 0. The molecular formula is C22H32O3. The van der Waals surface area contributed by atoms with Gasteiger partial charge in [-0.1, -0.05) is 37.1 Å². The van der Waals surface area contributed by atoms with E-state index in [2.05, 4.69) is 39.8 Å². The van der Waals surface area contributed by atoms with Crippen molar-refractivity contribution in [1.29, 1.82) is 0 Å². The van der Waals surface area contributed by atoms with E-state index < -0.39 is 11.3 Å². The summed E-state index contributed by atoms with van der Waals surface area (Å²) in [6.07, 6.45) is 8.05. The number of methoxy groups -OCH3 is 1. The van der Waals surface area contributed by atoms with Gasteiger partial charge in [-0.2, -0.15) is 0 Å². The number of hydrogen-bond donors (Lipinski definition) is 0. The molecule has 0 spiro atoms. The van der Waals surface area contributed by atoms with Crippen LogP contribution in [-0.4, -0.2) is 18.7 Å². The lowest BCUT2D eigenvalue weighted by Gasteiger charge is -2.56. The van der Waals surface area contributed by atoms with E-state index in [1.807, 2.05) is 13.8 Å². The predicted octanol–water partition coefficient (Wildman–Crippen LogP) is 5.03. The molecule has 1 saturated carbocycles. The second kappa shape index (κ2) is 6.93.